The predicted octanol–water partition coefficient (Wildman–Crippen LogP) is 2.74. The lowest BCUT2D eigenvalue weighted by atomic mass is 10.1. The minimum absolute atomic E-state index is 0.339. The molecule has 0 spiro atoms. The monoisotopic (exact) mass is 291 g/mol. The van der Waals surface area contributed by atoms with E-state index >= 15 is 0 Å². The van der Waals surface area contributed by atoms with Crippen LogP contribution >= 0.6 is 0 Å². The standard InChI is InChI=1S/C16H25N3O2/c1-12-5-6-14(17-9-12)19-8-7-13(11-19)10-18-15(20)21-16(2,3)4/h5-6,9,13H,7-8,10-11H2,1-4H3,(H,18,20)/t13-/m0/s1. The van der Waals surface area contributed by atoms with Gasteiger partial charge in [-0.1, -0.05) is 6.07 Å². The van der Waals surface area contributed by atoms with Gasteiger partial charge in [-0.15, -0.1) is 0 Å². The van der Waals surface area contributed by atoms with E-state index in [9.17, 15) is 4.79 Å². The third kappa shape index (κ3) is 4.92. The summed E-state index contributed by atoms with van der Waals surface area (Å²) in [5.41, 5.74) is 0.721. The van der Waals surface area contributed by atoms with Gasteiger partial charge in [0, 0.05) is 25.8 Å². The Balaban J connectivity index is 1.78. The summed E-state index contributed by atoms with van der Waals surface area (Å²) < 4.78 is 5.25. The lowest BCUT2D eigenvalue weighted by molar-refractivity contribution is 0.0520. The Hall–Kier alpha value is -1.78. The summed E-state index contributed by atoms with van der Waals surface area (Å²) in [6.07, 6.45) is 2.61. The lowest BCUT2D eigenvalue weighted by Crippen LogP contribution is -2.36. The van der Waals surface area contributed by atoms with Crippen molar-refractivity contribution < 1.29 is 9.53 Å². The van der Waals surface area contributed by atoms with Gasteiger partial charge in [-0.3, -0.25) is 0 Å². The average molecular weight is 291 g/mol. The van der Waals surface area contributed by atoms with Crippen LogP contribution in [0.1, 0.15) is 32.8 Å². The average Bonchev–Trinajstić information content (AvgIpc) is 2.84. The molecule has 1 atom stereocenters. The molecule has 0 aliphatic carbocycles. The number of alkyl carbamates (subject to hydrolysis) is 1. The summed E-state index contributed by atoms with van der Waals surface area (Å²) in [5, 5.41) is 2.85. The van der Waals surface area contributed by atoms with Gasteiger partial charge in [0.15, 0.2) is 0 Å². The van der Waals surface area contributed by atoms with Crippen LogP contribution in [0.15, 0.2) is 18.3 Å². The maximum Gasteiger partial charge on any atom is 0.407 e. The van der Waals surface area contributed by atoms with Crippen LogP contribution in [0.5, 0.6) is 0 Å². The quantitative estimate of drug-likeness (QED) is 0.930. The smallest absolute Gasteiger partial charge is 0.407 e. The highest BCUT2D eigenvalue weighted by molar-refractivity contribution is 5.67. The fraction of sp³-hybridized carbons (Fsp3) is 0.625. The highest BCUT2D eigenvalue weighted by Crippen LogP contribution is 2.21. The van der Waals surface area contributed by atoms with Crippen LogP contribution in [0.2, 0.25) is 0 Å². The summed E-state index contributed by atoms with van der Waals surface area (Å²) >= 11 is 0. The van der Waals surface area contributed by atoms with Crippen LogP contribution in [-0.4, -0.2) is 36.3 Å². The first-order valence-corrected chi connectivity index (χ1v) is 7.48. The molecule has 1 amide bonds. The first-order chi connectivity index (χ1) is 9.83. The van der Waals surface area contributed by atoms with Gasteiger partial charge in [-0.2, -0.15) is 0 Å². The normalized spacial score (nSPS) is 18.7. The molecule has 0 unspecified atom stereocenters. The molecule has 1 N–H and O–H groups in total. The number of hydrogen-bond acceptors (Lipinski definition) is 4. The fourth-order valence-corrected chi connectivity index (χ4v) is 2.40. The van der Waals surface area contributed by atoms with Crippen molar-refractivity contribution in [2.45, 2.75) is 39.7 Å². The van der Waals surface area contributed by atoms with Gasteiger partial charge in [0.2, 0.25) is 0 Å². The summed E-state index contributed by atoms with van der Waals surface area (Å²) in [6.45, 7) is 10.2. The Labute approximate surface area is 126 Å². The maximum atomic E-state index is 11.6. The van der Waals surface area contributed by atoms with Gasteiger partial charge in [-0.05, 0) is 51.7 Å². The van der Waals surface area contributed by atoms with Gasteiger partial charge in [0.05, 0.1) is 0 Å². The third-order valence-corrected chi connectivity index (χ3v) is 3.44. The third-order valence-electron chi connectivity index (χ3n) is 3.44. The van der Waals surface area contributed by atoms with Crippen molar-refractivity contribution in [2.75, 3.05) is 24.5 Å². The summed E-state index contributed by atoms with van der Waals surface area (Å²) in [5.74, 6) is 1.46. The first kappa shape index (κ1) is 15.6. The number of amides is 1. The Bertz CT molecular complexity index is 479. The molecular formula is C16H25N3O2. The second-order valence-corrected chi connectivity index (χ2v) is 6.68. The molecule has 1 saturated heterocycles. The number of ether oxygens (including phenoxy) is 1. The van der Waals surface area contributed by atoms with Crippen LogP contribution < -0.4 is 10.2 Å². The molecule has 1 aromatic rings. The molecule has 1 aliphatic rings. The highest BCUT2D eigenvalue weighted by Gasteiger charge is 2.24. The van der Waals surface area contributed by atoms with Crippen molar-refractivity contribution in [1.29, 1.82) is 0 Å². The molecule has 1 aromatic heterocycles. The molecule has 0 bridgehead atoms. The van der Waals surface area contributed by atoms with E-state index in [4.69, 9.17) is 4.74 Å². The molecule has 0 saturated carbocycles. The molecule has 0 aromatic carbocycles. The van der Waals surface area contributed by atoms with E-state index in [1.165, 1.54) is 5.56 Å². The van der Waals surface area contributed by atoms with Crippen LogP contribution in [0.3, 0.4) is 0 Å². The zero-order chi connectivity index (χ0) is 15.5. The van der Waals surface area contributed by atoms with Crippen LogP contribution in [-0.2, 0) is 4.74 Å². The maximum absolute atomic E-state index is 11.6. The van der Waals surface area contributed by atoms with Gasteiger partial charge in [0.1, 0.15) is 11.4 Å². The van der Waals surface area contributed by atoms with Crippen molar-refractivity contribution >= 4 is 11.9 Å². The molecule has 21 heavy (non-hydrogen) atoms. The van der Waals surface area contributed by atoms with Gasteiger partial charge < -0.3 is 15.0 Å². The van der Waals surface area contributed by atoms with E-state index in [2.05, 4.69) is 27.3 Å². The molecule has 1 fully saturated rings. The lowest BCUT2D eigenvalue weighted by Gasteiger charge is -2.21. The molecule has 5 heteroatoms. The number of nitrogens with one attached hydrogen (secondary N) is 1. The summed E-state index contributed by atoms with van der Waals surface area (Å²) in [7, 11) is 0. The highest BCUT2D eigenvalue weighted by atomic mass is 16.6. The topological polar surface area (TPSA) is 54.5 Å². The Morgan fingerprint density at radius 2 is 2.24 bits per heavy atom. The van der Waals surface area contributed by atoms with E-state index in [0.29, 0.717) is 12.5 Å². The van der Waals surface area contributed by atoms with Crippen LogP contribution in [0, 0.1) is 12.8 Å². The SMILES string of the molecule is Cc1ccc(N2CC[C@@H](CNC(=O)OC(C)(C)C)C2)nc1. The van der Waals surface area contributed by atoms with E-state index < -0.39 is 5.60 Å². The molecule has 116 valence electrons. The van der Waals surface area contributed by atoms with Gasteiger partial charge in [0.25, 0.3) is 0 Å². The zero-order valence-corrected chi connectivity index (χ0v) is 13.3. The van der Waals surface area contributed by atoms with Crippen LogP contribution in [0.4, 0.5) is 10.6 Å². The Morgan fingerprint density at radius 3 is 2.86 bits per heavy atom. The van der Waals surface area contributed by atoms with E-state index in [1.807, 2.05) is 33.9 Å². The first-order valence-electron chi connectivity index (χ1n) is 7.48. The predicted molar refractivity (Wildman–Crippen MR) is 83.5 cm³/mol. The number of aromatic nitrogens is 1. The van der Waals surface area contributed by atoms with E-state index in [1.54, 1.807) is 0 Å². The molecule has 2 rings (SSSR count). The van der Waals surface area contributed by atoms with Crippen molar-refractivity contribution in [2.24, 2.45) is 5.92 Å². The number of carbonyl (C=O) groups excluding carboxylic acids is 1. The van der Waals surface area contributed by atoms with E-state index in [-0.39, 0.29) is 6.09 Å². The molecule has 0 radical (unpaired) electrons. The Morgan fingerprint density at radius 1 is 1.48 bits per heavy atom. The zero-order valence-electron chi connectivity index (χ0n) is 13.3. The molecule has 2 heterocycles. The molecular weight excluding hydrogens is 266 g/mol. The summed E-state index contributed by atoms with van der Waals surface area (Å²) in [6, 6.07) is 4.13. The Kier molecular flexibility index (Phi) is 4.70. The van der Waals surface area contributed by atoms with Crippen molar-refractivity contribution in [3.05, 3.63) is 23.9 Å². The van der Waals surface area contributed by atoms with Gasteiger partial charge >= 0.3 is 6.09 Å². The minimum atomic E-state index is -0.447. The minimum Gasteiger partial charge on any atom is -0.444 e. The number of aryl methyl sites for hydroxylation is 1. The number of pyridine rings is 1. The van der Waals surface area contributed by atoms with Crippen molar-refractivity contribution in [3.63, 3.8) is 0 Å². The van der Waals surface area contributed by atoms with Crippen molar-refractivity contribution in [1.82, 2.24) is 10.3 Å². The molecule has 5 nitrogen and oxygen atoms in total. The second-order valence-electron chi connectivity index (χ2n) is 6.68. The fourth-order valence-electron chi connectivity index (χ4n) is 2.40. The number of hydrogen-bond donors (Lipinski definition) is 1. The van der Waals surface area contributed by atoms with Crippen LogP contribution in [0.25, 0.3) is 0 Å². The van der Waals surface area contributed by atoms with Crippen molar-refractivity contribution in [3.8, 4) is 0 Å². The largest absolute Gasteiger partial charge is 0.444 e. The van der Waals surface area contributed by atoms with E-state index in [0.717, 1.165) is 25.3 Å². The summed E-state index contributed by atoms with van der Waals surface area (Å²) in [4.78, 5) is 18.4. The number of nitrogens with zero attached hydrogens (tertiary/aromatic N) is 2. The molecule has 1 aliphatic heterocycles. The number of carbonyl (C=O) groups is 1. The van der Waals surface area contributed by atoms with Gasteiger partial charge in [-0.25, -0.2) is 9.78 Å². The number of rotatable bonds is 3. The second kappa shape index (κ2) is 6.33. The number of anilines is 1.